The van der Waals surface area contributed by atoms with Gasteiger partial charge in [0.15, 0.2) is 0 Å². The van der Waals surface area contributed by atoms with Crippen LogP contribution < -0.4 is 5.32 Å². The van der Waals surface area contributed by atoms with Crippen molar-refractivity contribution >= 4 is 17.4 Å². The third-order valence-electron chi connectivity index (χ3n) is 1.79. The first-order valence-electron chi connectivity index (χ1n) is 4.44. The first kappa shape index (κ1) is 9.52. The molecule has 12 heavy (non-hydrogen) atoms. The number of hydrogen-bond acceptors (Lipinski definition) is 2. The number of allylic oxidation sites excluding steroid dienone is 1. The van der Waals surface area contributed by atoms with Crippen LogP contribution in [-0.4, -0.2) is 17.8 Å². The zero-order valence-electron chi connectivity index (χ0n) is 7.38. The van der Waals surface area contributed by atoms with Crippen molar-refractivity contribution in [3.63, 3.8) is 0 Å². The zero-order chi connectivity index (χ0) is 8.81. The van der Waals surface area contributed by atoms with Crippen LogP contribution in [0.3, 0.4) is 0 Å². The van der Waals surface area contributed by atoms with E-state index < -0.39 is 0 Å². The summed E-state index contributed by atoms with van der Waals surface area (Å²) >= 11 is 4.97. The summed E-state index contributed by atoms with van der Waals surface area (Å²) in [4.78, 5) is 0. The molecule has 0 unspecified atom stereocenters. The Kier molecular flexibility index (Phi) is 4.08. The first-order valence-corrected chi connectivity index (χ1v) is 4.85. The normalized spacial score (nSPS) is 21.9. The predicted octanol–water partition coefficient (Wildman–Crippen LogP) is 2.01. The molecular formula is C9H15NOS. The molecule has 0 aromatic heterocycles. The second-order valence-corrected chi connectivity index (χ2v) is 3.20. The number of rotatable bonds is 2. The van der Waals surface area contributed by atoms with Gasteiger partial charge in [-0.25, -0.2) is 0 Å². The Hall–Kier alpha value is -0.570. The minimum atomic E-state index is 0.199. The molecule has 1 aliphatic rings. The van der Waals surface area contributed by atoms with Gasteiger partial charge in [0, 0.05) is 6.54 Å². The lowest BCUT2D eigenvalue weighted by Crippen LogP contribution is -2.28. The Labute approximate surface area is 79.0 Å². The average molecular weight is 185 g/mol. The van der Waals surface area contributed by atoms with Crippen molar-refractivity contribution in [2.75, 3.05) is 6.54 Å². The van der Waals surface area contributed by atoms with Gasteiger partial charge in [0.1, 0.15) is 6.10 Å². The molecule has 0 saturated carbocycles. The van der Waals surface area contributed by atoms with Crippen LogP contribution in [0.1, 0.15) is 26.2 Å². The maximum atomic E-state index is 5.47. The van der Waals surface area contributed by atoms with E-state index in [-0.39, 0.29) is 6.10 Å². The molecule has 0 heterocycles. The molecule has 1 rings (SSSR count). The Morgan fingerprint density at radius 3 is 3.17 bits per heavy atom. The molecule has 0 spiro atoms. The van der Waals surface area contributed by atoms with Crippen LogP contribution >= 0.6 is 12.2 Å². The summed E-state index contributed by atoms with van der Waals surface area (Å²) in [6.45, 7) is 2.83. The topological polar surface area (TPSA) is 21.3 Å². The van der Waals surface area contributed by atoms with Crippen molar-refractivity contribution < 1.29 is 4.74 Å². The summed E-state index contributed by atoms with van der Waals surface area (Å²) in [5.74, 6) is 0. The van der Waals surface area contributed by atoms with Crippen LogP contribution in [0.15, 0.2) is 12.2 Å². The summed E-state index contributed by atoms with van der Waals surface area (Å²) < 4.78 is 5.47. The van der Waals surface area contributed by atoms with Crippen LogP contribution in [0, 0.1) is 0 Å². The fraction of sp³-hybridized carbons (Fsp3) is 0.667. The minimum absolute atomic E-state index is 0.199. The fourth-order valence-corrected chi connectivity index (χ4v) is 1.47. The smallest absolute Gasteiger partial charge is 0.257 e. The highest BCUT2D eigenvalue weighted by Gasteiger charge is 2.10. The summed E-state index contributed by atoms with van der Waals surface area (Å²) in [7, 11) is 0. The molecule has 0 amide bonds. The Morgan fingerprint density at radius 1 is 1.75 bits per heavy atom. The highest BCUT2D eigenvalue weighted by atomic mass is 32.1. The van der Waals surface area contributed by atoms with Gasteiger partial charge < -0.3 is 10.1 Å². The molecule has 1 atom stereocenters. The van der Waals surface area contributed by atoms with E-state index in [0.29, 0.717) is 5.17 Å². The van der Waals surface area contributed by atoms with Gasteiger partial charge in [0.2, 0.25) is 0 Å². The van der Waals surface area contributed by atoms with Crippen molar-refractivity contribution in [2.45, 2.75) is 32.3 Å². The number of ether oxygens (including phenoxy) is 1. The Bertz CT molecular complexity index is 179. The van der Waals surface area contributed by atoms with Crippen molar-refractivity contribution in [1.29, 1.82) is 0 Å². The molecular weight excluding hydrogens is 170 g/mol. The van der Waals surface area contributed by atoms with E-state index in [1.165, 1.54) is 12.8 Å². The summed E-state index contributed by atoms with van der Waals surface area (Å²) in [6.07, 6.45) is 7.91. The molecule has 0 aromatic carbocycles. The lowest BCUT2D eigenvalue weighted by atomic mass is 10.1. The van der Waals surface area contributed by atoms with Gasteiger partial charge in [-0.2, -0.15) is 0 Å². The van der Waals surface area contributed by atoms with Gasteiger partial charge in [-0.3, -0.25) is 0 Å². The molecule has 0 aromatic rings. The minimum Gasteiger partial charge on any atom is -0.464 e. The third kappa shape index (κ3) is 3.22. The fourth-order valence-electron chi connectivity index (χ4n) is 1.20. The summed E-state index contributed by atoms with van der Waals surface area (Å²) in [6, 6.07) is 0. The maximum Gasteiger partial charge on any atom is 0.257 e. The van der Waals surface area contributed by atoms with Crippen LogP contribution in [-0.2, 0) is 4.74 Å². The Morgan fingerprint density at radius 2 is 2.58 bits per heavy atom. The molecule has 3 heteroatoms. The molecule has 0 saturated heterocycles. The monoisotopic (exact) mass is 185 g/mol. The van der Waals surface area contributed by atoms with E-state index in [1.54, 1.807) is 0 Å². The lowest BCUT2D eigenvalue weighted by molar-refractivity contribution is 0.213. The average Bonchev–Trinajstić information content (AvgIpc) is 2.06. The second-order valence-electron chi connectivity index (χ2n) is 2.83. The lowest BCUT2D eigenvalue weighted by Gasteiger charge is -2.18. The molecule has 68 valence electrons. The van der Waals surface area contributed by atoms with Crippen LogP contribution in [0.25, 0.3) is 0 Å². The van der Waals surface area contributed by atoms with E-state index in [1.807, 2.05) is 6.92 Å². The first-order chi connectivity index (χ1) is 5.83. The van der Waals surface area contributed by atoms with E-state index in [9.17, 15) is 0 Å². The molecule has 2 nitrogen and oxygen atoms in total. The number of hydrogen-bond donors (Lipinski definition) is 1. The van der Waals surface area contributed by atoms with Gasteiger partial charge in [-0.1, -0.05) is 6.08 Å². The van der Waals surface area contributed by atoms with Gasteiger partial charge in [-0.05, 0) is 44.5 Å². The molecule has 1 N–H and O–H groups in total. The van der Waals surface area contributed by atoms with Crippen LogP contribution in [0.4, 0.5) is 0 Å². The largest absolute Gasteiger partial charge is 0.464 e. The molecule has 0 fully saturated rings. The number of thiocarbonyl (C=S) groups is 1. The van der Waals surface area contributed by atoms with Gasteiger partial charge in [0.05, 0.1) is 0 Å². The third-order valence-corrected chi connectivity index (χ3v) is 2.03. The van der Waals surface area contributed by atoms with E-state index in [0.717, 1.165) is 13.0 Å². The zero-order valence-corrected chi connectivity index (χ0v) is 8.19. The highest BCUT2D eigenvalue weighted by molar-refractivity contribution is 7.80. The van der Waals surface area contributed by atoms with E-state index in [4.69, 9.17) is 17.0 Å². The van der Waals surface area contributed by atoms with Crippen molar-refractivity contribution in [1.82, 2.24) is 5.32 Å². The van der Waals surface area contributed by atoms with Crippen molar-refractivity contribution in [3.8, 4) is 0 Å². The van der Waals surface area contributed by atoms with Crippen LogP contribution in [0.5, 0.6) is 0 Å². The standard InChI is InChI=1S/C9H15NOS/c1-2-10-9(12)11-8-6-4-3-5-7-8/h4,6,8H,2-3,5,7H2,1H3,(H,10,12)/t8-/m1/s1. The molecule has 1 aliphatic carbocycles. The van der Waals surface area contributed by atoms with E-state index in [2.05, 4.69) is 17.5 Å². The maximum absolute atomic E-state index is 5.47. The van der Waals surface area contributed by atoms with Crippen molar-refractivity contribution in [2.24, 2.45) is 0 Å². The number of nitrogens with one attached hydrogen (secondary N) is 1. The van der Waals surface area contributed by atoms with Crippen molar-refractivity contribution in [3.05, 3.63) is 12.2 Å². The van der Waals surface area contributed by atoms with Crippen LogP contribution in [0.2, 0.25) is 0 Å². The summed E-state index contributed by atoms with van der Waals surface area (Å²) in [5, 5.41) is 3.49. The van der Waals surface area contributed by atoms with Gasteiger partial charge >= 0.3 is 0 Å². The van der Waals surface area contributed by atoms with Gasteiger partial charge in [-0.15, -0.1) is 0 Å². The Balaban J connectivity index is 2.25. The predicted molar refractivity (Wildman–Crippen MR) is 54.1 cm³/mol. The second kappa shape index (κ2) is 5.14. The highest BCUT2D eigenvalue weighted by Crippen LogP contribution is 2.13. The molecule has 0 radical (unpaired) electrons. The molecule has 0 aliphatic heterocycles. The van der Waals surface area contributed by atoms with Gasteiger partial charge in [0.25, 0.3) is 5.17 Å². The van der Waals surface area contributed by atoms with E-state index >= 15 is 0 Å². The summed E-state index contributed by atoms with van der Waals surface area (Å²) in [5.41, 5.74) is 0. The quantitative estimate of drug-likeness (QED) is 0.525. The molecule has 0 bridgehead atoms. The SMILES string of the molecule is CCNC(=S)O[C@@H]1C=CCCC1.